The number of aryl methyl sites for hydroxylation is 1. The SMILES string of the molecule is Cc1cc(C(F)(F)F)nn1CC(=O)N1CCC(c2nc(C(=O)OCc3c(F)cccc3Cl)cs2)CC1S(C)=O. The fourth-order valence-corrected chi connectivity index (χ4v) is 6.47. The highest BCUT2D eigenvalue weighted by Crippen LogP contribution is 2.35. The van der Waals surface area contributed by atoms with Crippen LogP contribution in [0.4, 0.5) is 17.6 Å². The monoisotopic (exact) mass is 606 g/mol. The normalized spacial score (nSPS) is 18.7. The number of rotatable bonds is 7. The van der Waals surface area contributed by atoms with Gasteiger partial charge in [-0.2, -0.15) is 18.3 Å². The van der Waals surface area contributed by atoms with Crippen LogP contribution in [0.25, 0.3) is 0 Å². The number of nitrogens with zero attached hydrogens (tertiary/aromatic N) is 4. The second-order valence-corrected chi connectivity index (χ2v) is 11.8. The van der Waals surface area contributed by atoms with Gasteiger partial charge in [0.05, 0.1) is 10.0 Å². The molecule has 3 unspecified atom stereocenters. The maximum atomic E-state index is 13.9. The van der Waals surface area contributed by atoms with Gasteiger partial charge in [-0.15, -0.1) is 11.3 Å². The molecule has 1 aromatic carbocycles. The van der Waals surface area contributed by atoms with E-state index in [1.807, 2.05) is 0 Å². The van der Waals surface area contributed by atoms with Gasteiger partial charge in [-0.3, -0.25) is 13.7 Å². The minimum absolute atomic E-state index is 0.0322. The Morgan fingerprint density at radius 1 is 1.31 bits per heavy atom. The molecule has 3 heterocycles. The molecule has 15 heteroatoms. The molecule has 0 radical (unpaired) electrons. The number of piperidine rings is 1. The van der Waals surface area contributed by atoms with Crippen LogP contribution in [0.2, 0.25) is 5.02 Å². The molecule has 1 fully saturated rings. The molecule has 1 aliphatic heterocycles. The van der Waals surface area contributed by atoms with Gasteiger partial charge < -0.3 is 9.64 Å². The summed E-state index contributed by atoms with van der Waals surface area (Å²) >= 11 is 7.17. The maximum Gasteiger partial charge on any atom is 0.435 e. The lowest BCUT2D eigenvalue weighted by Gasteiger charge is -2.37. The van der Waals surface area contributed by atoms with Crippen LogP contribution in [0.3, 0.4) is 0 Å². The van der Waals surface area contributed by atoms with Crippen molar-refractivity contribution in [3.8, 4) is 0 Å². The highest BCUT2D eigenvalue weighted by atomic mass is 35.5. The molecule has 3 aromatic rings. The van der Waals surface area contributed by atoms with E-state index in [4.69, 9.17) is 16.3 Å². The minimum Gasteiger partial charge on any atom is -0.456 e. The number of ether oxygens (including phenoxy) is 1. The lowest BCUT2D eigenvalue weighted by Crippen LogP contribution is -2.48. The van der Waals surface area contributed by atoms with Gasteiger partial charge in [0.25, 0.3) is 0 Å². The van der Waals surface area contributed by atoms with Crippen molar-refractivity contribution in [3.05, 3.63) is 68.1 Å². The van der Waals surface area contributed by atoms with Crippen molar-refractivity contribution >= 4 is 45.6 Å². The van der Waals surface area contributed by atoms with Crippen LogP contribution in [0, 0.1) is 12.7 Å². The Labute approximate surface area is 232 Å². The van der Waals surface area contributed by atoms with Gasteiger partial charge >= 0.3 is 12.1 Å². The van der Waals surface area contributed by atoms with Gasteiger partial charge in [0.15, 0.2) is 11.4 Å². The van der Waals surface area contributed by atoms with Gasteiger partial charge in [0, 0.05) is 46.2 Å². The van der Waals surface area contributed by atoms with Gasteiger partial charge in [-0.25, -0.2) is 14.2 Å². The number of hydrogen-bond acceptors (Lipinski definition) is 7. The first-order valence-electron chi connectivity index (χ1n) is 11.6. The predicted molar refractivity (Wildman–Crippen MR) is 136 cm³/mol. The summed E-state index contributed by atoms with van der Waals surface area (Å²) in [6, 6.07) is 4.99. The van der Waals surface area contributed by atoms with Crippen molar-refractivity contribution in [2.24, 2.45) is 0 Å². The molecule has 3 atom stereocenters. The molecule has 0 bridgehead atoms. The third-order valence-corrected chi connectivity index (χ3v) is 8.88. The van der Waals surface area contributed by atoms with Crippen LogP contribution in [-0.2, 0) is 39.7 Å². The number of benzene rings is 1. The van der Waals surface area contributed by atoms with E-state index in [2.05, 4.69) is 10.1 Å². The Kier molecular flexibility index (Phi) is 8.76. The molecule has 0 spiro atoms. The molecule has 8 nitrogen and oxygen atoms in total. The van der Waals surface area contributed by atoms with E-state index in [1.54, 1.807) is 0 Å². The van der Waals surface area contributed by atoms with E-state index in [9.17, 15) is 31.4 Å². The number of esters is 1. The molecule has 4 rings (SSSR count). The van der Waals surface area contributed by atoms with Crippen molar-refractivity contribution in [2.45, 2.75) is 50.4 Å². The summed E-state index contributed by atoms with van der Waals surface area (Å²) in [5.74, 6) is -2.06. The molecule has 0 aliphatic carbocycles. The lowest BCUT2D eigenvalue weighted by atomic mass is 9.97. The second-order valence-electron chi connectivity index (χ2n) is 8.94. The summed E-state index contributed by atoms with van der Waals surface area (Å²) in [5, 5.41) is 5.03. The molecule has 210 valence electrons. The fourth-order valence-electron chi connectivity index (χ4n) is 4.23. The number of likely N-dealkylation sites (tertiary alicyclic amines) is 1. The fraction of sp³-hybridized carbons (Fsp3) is 0.417. The van der Waals surface area contributed by atoms with E-state index in [1.165, 1.54) is 53.0 Å². The molecule has 1 amide bonds. The Hall–Kier alpha value is -2.84. The zero-order valence-electron chi connectivity index (χ0n) is 20.7. The predicted octanol–water partition coefficient (Wildman–Crippen LogP) is 4.93. The van der Waals surface area contributed by atoms with Crippen LogP contribution in [0.15, 0.2) is 29.6 Å². The van der Waals surface area contributed by atoms with E-state index in [0.29, 0.717) is 11.4 Å². The highest BCUT2D eigenvalue weighted by molar-refractivity contribution is 7.84. The number of halogens is 5. The quantitative estimate of drug-likeness (QED) is 0.280. The highest BCUT2D eigenvalue weighted by Gasteiger charge is 2.37. The molecule has 1 aliphatic rings. The first-order valence-corrected chi connectivity index (χ1v) is 14.5. The molecule has 1 saturated heterocycles. The van der Waals surface area contributed by atoms with Gasteiger partial charge in [-0.05, 0) is 38.0 Å². The van der Waals surface area contributed by atoms with Gasteiger partial charge in [0.2, 0.25) is 5.91 Å². The largest absolute Gasteiger partial charge is 0.456 e. The number of alkyl halides is 3. The van der Waals surface area contributed by atoms with Crippen LogP contribution in [0.1, 0.15) is 51.2 Å². The maximum absolute atomic E-state index is 13.9. The third kappa shape index (κ3) is 6.67. The van der Waals surface area contributed by atoms with E-state index < -0.39 is 52.3 Å². The smallest absolute Gasteiger partial charge is 0.435 e. The summed E-state index contributed by atoms with van der Waals surface area (Å²) in [5.41, 5.74) is -0.825. The van der Waals surface area contributed by atoms with Crippen LogP contribution >= 0.6 is 22.9 Å². The van der Waals surface area contributed by atoms with Crippen LogP contribution in [-0.4, -0.2) is 53.9 Å². The van der Waals surface area contributed by atoms with E-state index in [-0.39, 0.29) is 47.5 Å². The number of carbonyl (C=O) groups excluding carboxylic acids is 2. The van der Waals surface area contributed by atoms with Crippen molar-refractivity contribution in [1.82, 2.24) is 19.7 Å². The first-order chi connectivity index (χ1) is 18.3. The van der Waals surface area contributed by atoms with E-state index in [0.717, 1.165) is 10.7 Å². The average Bonchev–Trinajstić information content (AvgIpc) is 3.50. The number of aromatic nitrogens is 3. The van der Waals surface area contributed by atoms with Crippen LogP contribution in [0.5, 0.6) is 0 Å². The third-order valence-electron chi connectivity index (χ3n) is 6.30. The summed E-state index contributed by atoms with van der Waals surface area (Å²) in [6.07, 6.45) is -2.45. The number of amides is 1. The average molecular weight is 607 g/mol. The first kappa shape index (κ1) is 29.2. The Morgan fingerprint density at radius 2 is 2.05 bits per heavy atom. The standard InChI is InChI=1S/C24H23ClF4N4O4S2/c1-13-8-19(24(27,28)29)31-33(13)10-20(34)32-7-6-14(9-21(32)39(2)36)22-30-18(12-38-22)23(35)37-11-15-16(25)4-3-5-17(15)26/h3-5,8,12,14,21H,6-7,9-11H2,1-2H3. The summed E-state index contributed by atoms with van der Waals surface area (Å²) in [6.45, 7) is 0.840. The molecular formula is C24H23ClF4N4O4S2. The number of hydrogen-bond donors (Lipinski definition) is 0. The second kappa shape index (κ2) is 11.7. The van der Waals surface area contributed by atoms with Gasteiger partial charge in [0.1, 0.15) is 24.3 Å². The topological polar surface area (TPSA) is 94.4 Å². The molecule has 2 aromatic heterocycles. The molecule has 0 N–H and O–H groups in total. The minimum atomic E-state index is -4.63. The van der Waals surface area contributed by atoms with Crippen LogP contribution < -0.4 is 0 Å². The zero-order valence-corrected chi connectivity index (χ0v) is 23.1. The molecular weight excluding hydrogens is 584 g/mol. The van der Waals surface area contributed by atoms with Crippen molar-refractivity contribution in [2.75, 3.05) is 12.8 Å². The van der Waals surface area contributed by atoms with E-state index >= 15 is 0 Å². The van der Waals surface area contributed by atoms with Crippen molar-refractivity contribution in [1.29, 1.82) is 0 Å². The summed E-state index contributed by atoms with van der Waals surface area (Å²) in [7, 11) is -1.47. The van der Waals surface area contributed by atoms with Crippen molar-refractivity contribution in [3.63, 3.8) is 0 Å². The zero-order chi connectivity index (χ0) is 28.5. The number of thiazole rings is 1. The Balaban J connectivity index is 1.41. The summed E-state index contributed by atoms with van der Waals surface area (Å²) in [4.78, 5) is 31.3. The molecule has 0 saturated carbocycles. The van der Waals surface area contributed by atoms with Gasteiger partial charge in [-0.1, -0.05) is 17.7 Å². The number of carbonyl (C=O) groups is 2. The van der Waals surface area contributed by atoms with Crippen molar-refractivity contribution < 1.29 is 36.1 Å². The Bertz CT molecular complexity index is 1390. The Morgan fingerprint density at radius 3 is 2.69 bits per heavy atom. The molecule has 39 heavy (non-hydrogen) atoms. The summed E-state index contributed by atoms with van der Waals surface area (Å²) < 4.78 is 71.6. The lowest BCUT2D eigenvalue weighted by molar-refractivity contribution is -0.142.